The molecule has 1 aromatic carbocycles. The van der Waals surface area contributed by atoms with Crippen LogP contribution in [-0.4, -0.2) is 51.0 Å². The van der Waals surface area contributed by atoms with Crippen LogP contribution >= 0.6 is 0 Å². The van der Waals surface area contributed by atoms with E-state index in [1.807, 2.05) is 25.1 Å². The zero-order valence-corrected chi connectivity index (χ0v) is 13.0. The van der Waals surface area contributed by atoms with Crippen molar-refractivity contribution in [3.63, 3.8) is 0 Å². The van der Waals surface area contributed by atoms with Crippen molar-refractivity contribution < 1.29 is 18.3 Å². The van der Waals surface area contributed by atoms with Crippen molar-refractivity contribution in [2.75, 3.05) is 32.1 Å². The highest BCUT2D eigenvalue weighted by atomic mass is 32.2. The van der Waals surface area contributed by atoms with E-state index >= 15 is 0 Å². The molecule has 0 saturated carbocycles. The second kappa shape index (κ2) is 6.03. The summed E-state index contributed by atoms with van der Waals surface area (Å²) in [6, 6.07) is 6.77. The number of anilines is 1. The fourth-order valence-corrected chi connectivity index (χ4v) is 3.92. The minimum absolute atomic E-state index is 0.252. The van der Waals surface area contributed by atoms with E-state index in [0.29, 0.717) is 12.8 Å². The first-order chi connectivity index (χ1) is 9.82. The van der Waals surface area contributed by atoms with Gasteiger partial charge in [0.2, 0.25) is 10.0 Å². The van der Waals surface area contributed by atoms with Gasteiger partial charge in [-0.2, -0.15) is 4.31 Å². The molecule has 1 aromatic rings. The molecule has 0 radical (unpaired) electrons. The third-order valence-electron chi connectivity index (χ3n) is 3.77. The Kier molecular flexibility index (Phi) is 4.53. The maximum atomic E-state index is 12.6. The number of carbonyl (C=O) groups is 1. The Morgan fingerprint density at radius 3 is 2.43 bits per heavy atom. The lowest BCUT2D eigenvalue weighted by atomic mass is 9.99. The van der Waals surface area contributed by atoms with Gasteiger partial charge in [-0.05, 0) is 31.0 Å². The Hall–Kier alpha value is -1.60. The molecule has 0 bridgehead atoms. The van der Waals surface area contributed by atoms with E-state index in [-0.39, 0.29) is 18.0 Å². The largest absolute Gasteiger partial charge is 0.481 e. The molecule has 0 aliphatic carbocycles. The Morgan fingerprint density at radius 1 is 1.29 bits per heavy atom. The molecule has 1 heterocycles. The predicted molar refractivity (Wildman–Crippen MR) is 79.9 cm³/mol. The second-order valence-electron chi connectivity index (χ2n) is 5.41. The summed E-state index contributed by atoms with van der Waals surface area (Å²) in [5.41, 5.74) is 0.816. The molecule has 0 unspecified atom stereocenters. The zero-order valence-electron chi connectivity index (χ0n) is 12.2. The number of aliphatic carboxylic acids is 1. The zero-order chi connectivity index (χ0) is 15.6. The summed E-state index contributed by atoms with van der Waals surface area (Å²) in [7, 11) is 0.149. The summed E-state index contributed by atoms with van der Waals surface area (Å²) < 4.78 is 26.6. The molecule has 1 N–H and O–H groups in total. The maximum absolute atomic E-state index is 12.6. The Bertz CT molecular complexity index is 620. The van der Waals surface area contributed by atoms with Gasteiger partial charge in [-0.25, -0.2) is 8.42 Å². The van der Waals surface area contributed by atoms with Crippen LogP contribution in [0.15, 0.2) is 29.2 Å². The normalized spacial score (nSPS) is 17.6. The van der Waals surface area contributed by atoms with Crippen molar-refractivity contribution in [2.24, 2.45) is 5.92 Å². The van der Waals surface area contributed by atoms with Gasteiger partial charge in [-0.15, -0.1) is 0 Å². The number of piperidine rings is 1. The second-order valence-corrected chi connectivity index (χ2v) is 7.35. The summed E-state index contributed by atoms with van der Waals surface area (Å²) in [5.74, 6) is -1.29. The average Bonchev–Trinajstić information content (AvgIpc) is 2.47. The van der Waals surface area contributed by atoms with Crippen molar-refractivity contribution in [2.45, 2.75) is 17.7 Å². The van der Waals surface area contributed by atoms with Gasteiger partial charge in [0.05, 0.1) is 10.8 Å². The topological polar surface area (TPSA) is 77.9 Å². The minimum atomic E-state index is -3.55. The van der Waals surface area contributed by atoms with Crippen LogP contribution in [0.1, 0.15) is 12.8 Å². The fourth-order valence-electron chi connectivity index (χ4n) is 2.41. The highest BCUT2D eigenvalue weighted by molar-refractivity contribution is 7.89. The molecule has 1 fully saturated rings. The molecule has 0 aromatic heterocycles. The van der Waals surface area contributed by atoms with E-state index in [0.717, 1.165) is 5.69 Å². The first kappa shape index (κ1) is 15.8. The standard InChI is InChI=1S/C14H20N2O4S/c1-15(2)12-4-3-5-13(10-12)21(19,20)16-8-6-11(7-9-16)14(17)18/h3-5,10-11H,6-9H2,1-2H3,(H,17,18). The Balaban J connectivity index is 2.19. The van der Waals surface area contributed by atoms with Gasteiger partial charge < -0.3 is 10.0 Å². The first-order valence-electron chi connectivity index (χ1n) is 6.82. The molecular weight excluding hydrogens is 292 g/mol. The number of rotatable bonds is 4. The lowest BCUT2D eigenvalue weighted by molar-refractivity contribution is -0.142. The number of hydrogen-bond acceptors (Lipinski definition) is 4. The quantitative estimate of drug-likeness (QED) is 0.905. The Morgan fingerprint density at radius 2 is 1.90 bits per heavy atom. The van der Waals surface area contributed by atoms with E-state index in [4.69, 9.17) is 5.11 Å². The van der Waals surface area contributed by atoms with E-state index in [1.54, 1.807) is 18.2 Å². The van der Waals surface area contributed by atoms with Gasteiger partial charge in [0, 0.05) is 32.9 Å². The number of sulfonamides is 1. The highest BCUT2D eigenvalue weighted by Crippen LogP contribution is 2.25. The molecule has 0 amide bonds. The fraction of sp³-hybridized carbons (Fsp3) is 0.500. The van der Waals surface area contributed by atoms with Crippen molar-refractivity contribution >= 4 is 21.7 Å². The number of benzene rings is 1. The first-order valence-corrected chi connectivity index (χ1v) is 8.26. The van der Waals surface area contributed by atoms with Crippen LogP contribution in [0, 0.1) is 5.92 Å². The summed E-state index contributed by atoms with van der Waals surface area (Å²) in [5, 5.41) is 8.97. The molecule has 6 nitrogen and oxygen atoms in total. The predicted octanol–water partition coefficient (Wildman–Crippen LogP) is 1.24. The molecule has 116 valence electrons. The number of hydrogen-bond donors (Lipinski definition) is 1. The average molecular weight is 312 g/mol. The van der Waals surface area contributed by atoms with Gasteiger partial charge in [0.25, 0.3) is 0 Å². The third-order valence-corrected chi connectivity index (χ3v) is 5.67. The van der Waals surface area contributed by atoms with E-state index in [2.05, 4.69) is 0 Å². The maximum Gasteiger partial charge on any atom is 0.306 e. The monoisotopic (exact) mass is 312 g/mol. The Labute approximate surface area is 125 Å². The van der Waals surface area contributed by atoms with Crippen molar-refractivity contribution in [3.8, 4) is 0 Å². The summed E-state index contributed by atoms with van der Waals surface area (Å²) in [6.07, 6.45) is 0.726. The SMILES string of the molecule is CN(C)c1cccc(S(=O)(=O)N2CCC(C(=O)O)CC2)c1. The number of carboxylic acid groups (broad SMARTS) is 1. The van der Waals surface area contributed by atoms with Crippen LogP contribution in [0.4, 0.5) is 5.69 Å². The van der Waals surface area contributed by atoms with Crippen LogP contribution in [0.25, 0.3) is 0 Å². The van der Waals surface area contributed by atoms with Crippen LogP contribution < -0.4 is 4.90 Å². The van der Waals surface area contributed by atoms with Crippen LogP contribution in [0.5, 0.6) is 0 Å². The molecule has 0 spiro atoms. The molecule has 0 atom stereocenters. The molecule has 1 saturated heterocycles. The van der Waals surface area contributed by atoms with E-state index < -0.39 is 21.9 Å². The van der Waals surface area contributed by atoms with Crippen LogP contribution in [0.3, 0.4) is 0 Å². The lowest BCUT2D eigenvalue weighted by Gasteiger charge is -2.29. The lowest BCUT2D eigenvalue weighted by Crippen LogP contribution is -2.40. The van der Waals surface area contributed by atoms with Crippen LogP contribution in [-0.2, 0) is 14.8 Å². The molecule has 1 aliphatic heterocycles. The van der Waals surface area contributed by atoms with Crippen LogP contribution in [0.2, 0.25) is 0 Å². The molecular formula is C14H20N2O4S. The minimum Gasteiger partial charge on any atom is -0.481 e. The summed E-state index contributed by atoms with van der Waals surface area (Å²) >= 11 is 0. The van der Waals surface area contributed by atoms with Gasteiger partial charge in [0.1, 0.15) is 0 Å². The van der Waals surface area contributed by atoms with Crippen molar-refractivity contribution in [3.05, 3.63) is 24.3 Å². The molecule has 21 heavy (non-hydrogen) atoms. The summed E-state index contributed by atoms with van der Waals surface area (Å²) in [4.78, 5) is 13.0. The summed E-state index contributed by atoms with van der Waals surface area (Å²) in [6.45, 7) is 0.511. The van der Waals surface area contributed by atoms with Gasteiger partial charge in [-0.3, -0.25) is 4.79 Å². The van der Waals surface area contributed by atoms with Gasteiger partial charge >= 0.3 is 5.97 Å². The smallest absolute Gasteiger partial charge is 0.306 e. The van der Waals surface area contributed by atoms with Gasteiger partial charge in [-0.1, -0.05) is 6.07 Å². The molecule has 1 aliphatic rings. The highest BCUT2D eigenvalue weighted by Gasteiger charge is 2.32. The van der Waals surface area contributed by atoms with Gasteiger partial charge in [0.15, 0.2) is 0 Å². The number of nitrogens with zero attached hydrogens (tertiary/aromatic N) is 2. The molecule has 7 heteroatoms. The third kappa shape index (κ3) is 3.36. The van der Waals surface area contributed by atoms with Crippen molar-refractivity contribution in [1.82, 2.24) is 4.31 Å². The van der Waals surface area contributed by atoms with E-state index in [9.17, 15) is 13.2 Å². The van der Waals surface area contributed by atoms with E-state index in [1.165, 1.54) is 4.31 Å². The molecule has 2 rings (SSSR count). The number of carboxylic acids is 1. The van der Waals surface area contributed by atoms with Crippen molar-refractivity contribution in [1.29, 1.82) is 0 Å².